The molecule has 2 aromatic rings. The van der Waals surface area contributed by atoms with Gasteiger partial charge in [-0.05, 0) is 65.1 Å². The Bertz CT molecular complexity index is 919. The first kappa shape index (κ1) is 26.8. The first-order valence-corrected chi connectivity index (χ1v) is 12.2. The van der Waals surface area contributed by atoms with E-state index in [2.05, 4.69) is 38.5 Å². The molecule has 2 rings (SSSR count). The van der Waals surface area contributed by atoms with Crippen LogP contribution in [0.25, 0.3) is 0 Å². The largest absolute Gasteiger partial charge is 0.350 e. The summed E-state index contributed by atoms with van der Waals surface area (Å²) in [6.45, 7) is 5.89. The molecule has 0 bridgehead atoms. The van der Waals surface area contributed by atoms with Crippen LogP contribution in [0.1, 0.15) is 38.3 Å². The first-order chi connectivity index (χ1) is 15.7. The van der Waals surface area contributed by atoms with E-state index >= 15 is 0 Å². The van der Waals surface area contributed by atoms with Crippen LogP contribution in [0.4, 0.5) is 0 Å². The summed E-state index contributed by atoms with van der Waals surface area (Å²) in [6, 6.07) is 15.0. The van der Waals surface area contributed by atoms with Gasteiger partial charge in [0.25, 0.3) is 0 Å². The summed E-state index contributed by atoms with van der Waals surface area (Å²) >= 11 is 2.23. The van der Waals surface area contributed by atoms with E-state index < -0.39 is 24.0 Å². The van der Waals surface area contributed by atoms with E-state index in [9.17, 15) is 14.4 Å². The number of nitrogens with one attached hydrogen (secondary N) is 3. The minimum absolute atomic E-state index is 0.266. The quantitative estimate of drug-likeness (QED) is 0.314. The van der Waals surface area contributed by atoms with Crippen molar-refractivity contribution in [2.24, 2.45) is 11.7 Å². The molecule has 0 aliphatic carbocycles. The summed E-state index contributed by atoms with van der Waals surface area (Å²) in [7, 11) is 0. The number of rotatable bonds is 11. The number of nitrogens with two attached hydrogens (primary N) is 1. The zero-order valence-corrected chi connectivity index (χ0v) is 21.5. The molecule has 3 amide bonds. The Morgan fingerprint density at radius 2 is 1.48 bits per heavy atom. The fraction of sp³-hybridized carbons (Fsp3) is 0.400. The lowest BCUT2D eigenvalue weighted by molar-refractivity contribution is -0.132. The van der Waals surface area contributed by atoms with E-state index in [1.807, 2.05) is 68.4 Å². The normalized spacial score (nSPS) is 13.6. The smallest absolute Gasteiger partial charge is 0.243 e. The number of hydrogen-bond acceptors (Lipinski definition) is 4. The second kappa shape index (κ2) is 13.3. The molecular formula is C25H33IN4O3. The van der Waals surface area contributed by atoms with Crippen LogP contribution < -0.4 is 21.7 Å². The van der Waals surface area contributed by atoms with E-state index in [4.69, 9.17) is 5.73 Å². The standard InChI is InChI=1S/C25H33IN4O3/c1-16(2)13-21(27)24(32)29-17(3)23(31)30-22(14-18-7-5-4-6-8-18)25(33)28-15-19-9-11-20(26)12-10-19/h4-12,16-17,21-22H,13-15,27H2,1-3H3,(H,28,33)(H,29,32)(H,30,31)/t17-,21-,22-/m0/s1. The Kier molecular flexibility index (Phi) is 10.8. The summed E-state index contributed by atoms with van der Waals surface area (Å²) in [4.78, 5) is 38.0. The third kappa shape index (κ3) is 9.51. The van der Waals surface area contributed by atoms with Crippen molar-refractivity contribution in [2.75, 3.05) is 0 Å². The third-order valence-corrected chi connectivity index (χ3v) is 5.83. The van der Waals surface area contributed by atoms with Crippen LogP contribution in [0.15, 0.2) is 54.6 Å². The monoisotopic (exact) mass is 564 g/mol. The van der Waals surface area contributed by atoms with Crippen molar-refractivity contribution in [1.29, 1.82) is 0 Å². The highest BCUT2D eigenvalue weighted by molar-refractivity contribution is 14.1. The molecule has 0 spiro atoms. The predicted octanol–water partition coefficient (Wildman–Crippen LogP) is 2.51. The van der Waals surface area contributed by atoms with Gasteiger partial charge in [-0.1, -0.05) is 56.3 Å². The van der Waals surface area contributed by atoms with Gasteiger partial charge in [0.05, 0.1) is 6.04 Å². The van der Waals surface area contributed by atoms with Crippen LogP contribution in [0, 0.1) is 9.49 Å². The Balaban J connectivity index is 2.02. The molecule has 0 aliphatic rings. The average molecular weight is 564 g/mol. The summed E-state index contributed by atoms with van der Waals surface area (Å²) in [5.41, 5.74) is 7.80. The molecule has 8 heteroatoms. The Hall–Kier alpha value is -2.46. The van der Waals surface area contributed by atoms with E-state index in [1.165, 1.54) is 0 Å². The van der Waals surface area contributed by atoms with Gasteiger partial charge in [-0.15, -0.1) is 0 Å². The molecule has 0 saturated carbocycles. The van der Waals surface area contributed by atoms with Crippen LogP contribution in [-0.4, -0.2) is 35.8 Å². The van der Waals surface area contributed by atoms with E-state index in [1.54, 1.807) is 6.92 Å². The van der Waals surface area contributed by atoms with Crippen LogP contribution in [0.5, 0.6) is 0 Å². The van der Waals surface area contributed by atoms with Gasteiger partial charge >= 0.3 is 0 Å². The molecular weight excluding hydrogens is 531 g/mol. The fourth-order valence-corrected chi connectivity index (χ4v) is 3.63. The maximum atomic E-state index is 13.0. The molecule has 7 nitrogen and oxygen atoms in total. The second-order valence-electron chi connectivity index (χ2n) is 8.56. The first-order valence-electron chi connectivity index (χ1n) is 11.1. The van der Waals surface area contributed by atoms with Crippen LogP contribution in [0.3, 0.4) is 0 Å². The molecule has 5 N–H and O–H groups in total. The van der Waals surface area contributed by atoms with E-state index in [-0.39, 0.29) is 17.7 Å². The van der Waals surface area contributed by atoms with Crippen molar-refractivity contribution in [3.8, 4) is 0 Å². The Morgan fingerprint density at radius 3 is 2.09 bits per heavy atom. The van der Waals surface area contributed by atoms with Gasteiger partial charge in [0.1, 0.15) is 12.1 Å². The van der Waals surface area contributed by atoms with Crippen molar-refractivity contribution >= 4 is 40.3 Å². The number of carbonyl (C=O) groups excluding carboxylic acids is 3. The van der Waals surface area contributed by atoms with Crippen molar-refractivity contribution < 1.29 is 14.4 Å². The summed E-state index contributed by atoms with van der Waals surface area (Å²) < 4.78 is 1.11. The van der Waals surface area contributed by atoms with Gasteiger partial charge < -0.3 is 21.7 Å². The van der Waals surface area contributed by atoms with Crippen molar-refractivity contribution in [3.05, 3.63) is 69.3 Å². The van der Waals surface area contributed by atoms with E-state index in [0.29, 0.717) is 19.4 Å². The number of hydrogen-bond donors (Lipinski definition) is 4. The Labute approximate surface area is 209 Å². The number of benzene rings is 2. The van der Waals surface area contributed by atoms with Gasteiger partial charge in [0.2, 0.25) is 17.7 Å². The predicted molar refractivity (Wildman–Crippen MR) is 138 cm³/mol. The number of amides is 3. The molecule has 0 saturated heterocycles. The molecule has 178 valence electrons. The summed E-state index contributed by atoms with van der Waals surface area (Å²) in [5.74, 6) is -0.845. The molecule has 0 radical (unpaired) electrons. The maximum Gasteiger partial charge on any atom is 0.243 e. The highest BCUT2D eigenvalue weighted by Gasteiger charge is 2.26. The fourth-order valence-electron chi connectivity index (χ4n) is 3.27. The highest BCUT2D eigenvalue weighted by Crippen LogP contribution is 2.08. The molecule has 0 unspecified atom stereocenters. The maximum absolute atomic E-state index is 13.0. The van der Waals surface area contributed by atoms with Crippen molar-refractivity contribution in [1.82, 2.24) is 16.0 Å². The van der Waals surface area contributed by atoms with Crippen LogP contribution in [0.2, 0.25) is 0 Å². The topological polar surface area (TPSA) is 113 Å². The van der Waals surface area contributed by atoms with Gasteiger partial charge in [-0.25, -0.2) is 0 Å². The lowest BCUT2D eigenvalue weighted by Gasteiger charge is -2.22. The number of carbonyl (C=O) groups is 3. The number of halogens is 1. The molecule has 0 heterocycles. The van der Waals surface area contributed by atoms with Crippen LogP contribution in [-0.2, 0) is 27.3 Å². The van der Waals surface area contributed by atoms with Gasteiger partial charge in [-0.3, -0.25) is 14.4 Å². The zero-order valence-electron chi connectivity index (χ0n) is 19.3. The molecule has 0 fully saturated rings. The minimum Gasteiger partial charge on any atom is -0.350 e. The molecule has 33 heavy (non-hydrogen) atoms. The molecule has 2 aromatic carbocycles. The Morgan fingerprint density at radius 1 is 0.848 bits per heavy atom. The molecule has 0 aromatic heterocycles. The molecule has 0 aliphatic heterocycles. The average Bonchev–Trinajstić information content (AvgIpc) is 2.78. The molecule has 3 atom stereocenters. The SMILES string of the molecule is CC(C)C[C@H](N)C(=O)N[C@@H](C)C(=O)N[C@@H](Cc1ccccc1)C(=O)NCc1ccc(I)cc1. The minimum atomic E-state index is -0.821. The van der Waals surface area contributed by atoms with E-state index in [0.717, 1.165) is 14.7 Å². The van der Waals surface area contributed by atoms with Crippen molar-refractivity contribution in [3.63, 3.8) is 0 Å². The highest BCUT2D eigenvalue weighted by atomic mass is 127. The lowest BCUT2D eigenvalue weighted by atomic mass is 10.0. The lowest BCUT2D eigenvalue weighted by Crippen LogP contribution is -2.55. The van der Waals surface area contributed by atoms with Crippen molar-refractivity contribution in [2.45, 2.75) is 58.3 Å². The summed E-state index contributed by atoms with van der Waals surface area (Å²) in [5, 5.41) is 8.34. The summed E-state index contributed by atoms with van der Waals surface area (Å²) in [6.07, 6.45) is 0.858. The zero-order chi connectivity index (χ0) is 24.4. The third-order valence-electron chi connectivity index (χ3n) is 5.11. The van der Waals surface area contributed by atoms with Crippen LogP contribution >= 0.6 is 22.6 Å². The van der Waals surface area contributed by atoms with Gasteiger partial charge in [-0.2, -0.15) is 0 Å². The van der Waals surface area contributed by atoms with Gasteiger partial charge in [0, 0.05) is 16.5 Å². The van der Waals surface area contributed by atoms with Gasteiger partial charge in [0.15, 0.2) is 0 Å². The second-order valence-corrected chi connectivity index (χ2v) is 9.81.